The summed E-state index contributed by atoms with van der Waals surface area (Å²) in [5, 5.41) is 49.0. The van der Waals surface area contributed by atoms with E-state index in [4.69, 9.17) is 9.84 Å². The molecule has 0 spiro atoms. The molecule has 4 unspecified atom stereocenters. The molecule has 0 aromatic carbocycles. The summed E-state index contributed by atoms with van der Waals surface area (Å²) < 4.78 is 5.92. The lowest BCUT2D eigenvalue weighted by atomic mass is 10.0. The van der Waals surface area contributed by atoms with E-state index >= 15 is 0 Å². The standard InChI is InChI=1S/C27H58NO6/c1-4-5-6-7-8-9-10-11-12-13-14-15-16-17-20-34-23-24(30)21-28(2,3)22-26(32)27(33)25(31)18-19-29/h24-27,29-33H,4-23H2,1-3H3/q+1. The van der Waals surface area contributed by atoms with Crippen molar-refractivity contribution in [2.24, 2.45) is 0 Å². The molecule has 4 atom stereocenters. The summed E-state index contributed by atoms with van der Waals surface area (Å²) in [7, 11) is 3.70. The summed E-state index contributed by atoms with van der Waals surface area (Å²) in [4.78, 5) is 0. The van der Waals surface area contributed by atoms with Crippen LogP contribution in [-0.4, -0.2) is 101 Å². The van der Waals surface area contributed by atoms with Crippen LogP contribution in [0.15, 0.2) is 0 Å². The van der Waals surface area contributed by atoms with E-state index in [2.05, 4.69) is 6.92 Å². The molecule has 0 radical (unpaired) electrons. The highest BCUT2D eigenvalue weighted by molar-refractivity contribution is 4.75. The Kier molecular flexibility index (Phi) is 21.8. The molecule has 0 aromatic rings. The van der Waals surface area contributed by atoms with E-state index in [9.17, 15) is 20.4 Å². The summed E-state index contributed by atoms with van der Waals surface area (Å²) in [5.41, 5.74) is 0. The molecule has 7 nitrogen and oxygen atoms in total. The molecule has 0 fully saturated rings. The van der Waals surface area contributed by atoms with Gasteiger partial charge in [-0.25, -0.2) is 0 Å². The zero-order chi connectivity index (χ0) is 25.7. The van der Waals surface area contributed by atoms with E-state index < -0.39 is 24.4 Å². The maximum Gasteiger partial charge on any atom is 0.131 e. The molecule has 0 amide bonds. The molecule has 0 heterocycles. The fourth-order valence-corrected chi connectivity index (χ4v) is 4.49. The minimum Gasteiger partial charge on any atom is -0.396 e. The van der Waals surface area contributed by atoms with Gasteiger partial charge in [0.15, 0.2) is 0 Å². The highest BCUT2D eigenvalue weighted by atomic mass is 16.5. The Hall–Kier alpha value is -0.280. The van der Waals surface area contributed by atoms with Crippen molar-refractivity contribution in [3.8, 4) is 0 Å². The second-order valence-electron chi connectivity index (χ2n) is 10.8. The van der Waals surface area contributed by atoms with Crippen molar-refractivity contribution in [3.63, 3.8) is 0 Å². The van der Waals surface area contributed by atoms with E-state index in [0.717, 1.165) is 12.8 Å². The summed E-state index contributed by atoms with van der Waals surface area (Å²) in [6.45, 7) is 3.47. The number of likely N-dealkylation sites (N-methyl/N-ethyl adjacent to an activating group) is 1. The number of unbranched alkanes of at least 4 members (excludes halogenated alkanes) is 13. The van der Waals surface area contributed by atoms with Crippen molar-refractivity contribution >= 4 is 0 Å². The summed E-state index contributed by atoms with van der Waals surface area (Å²) >= 11 is 0. The highest BCUT2D eigenvalue weighted by Gasteiger charge is 2.31. The normalized spacial score (nSPS) is 15.9. The van der Waals surface area contributed by atoms with Gasteiger partial charge in [0.2, 0.25) is 0 Å². The molecular formula is C27H58NO6+. The third kappa shape index (κ3) is 20.0. The number of hydrogen-bond donors (Lipinski definition) is 5. The Labute approximate surface area is 209 Å². The van der Waals surface area contributed by atoms with Crippen LogP contribution >= 0.6 is 0 Å². The van der Waals surface area contributed by atoms with Crippen LogP contribution in [0, 0.1) is 0 Å². The largest absolute Gasteiger partial charge is 0.396 e. The second-order valence-corrected chi connectivity index (χ2v) is 10.8. The van der Waals surface area contributed by atoms with Crippen LogP contribution in [0.1, 0.15) is 103 Å². The van der Waals surface area contributed by atoms with Crippen LogP contribution < -0.4 is 0 Å². The fourth-order valence-electron chi connectivity index (χ4n) is 4.49. The first-order valence-electron chi connectivity index (χ1n) is 14.0. The quantitative estimate of drug-likeness (QED) is 0.0987. The average molecular weight is 493 g/mol. The van der Waals surface area contributed by atoms with Crippen molar-refractivity contribution < 1.29 is 34.8 Å². The lowest BCUT2D eigenvalue weighted by Gasteiger charge is -2.35. The van der Waals surface area contributed by atoms with Gasteiger partial charge in [0.1, 0.15) is 31.4 Å². The minimum absolute atomic E-state index is 0.0153. The van der Waals surface area contributed by atoms with Gasteiger partial charge in [-0.05, 0) is 12.8 Å². The number of aliphatic hydroxyl groups excluding tert-OH is 5. The Bertz CT molecular complexity index is 437. The lowest BCUT2D eigenvalue weighted by Crippen LogP contribution is -2.54. The van der Waals surface area contributed by atoms with E-state index in [0.29, 0.717) is 13.2 Å². The Morgan fingerprint density at radius 3 is 1.59 bits per heavy atom. The Morgan fingerprint density at radius 2 is 1.12 bits per heavy atom. The smallest absolute Gasteiger partial charge is 0.131 e. The van der Waals surface area contributed by atoms with Crippen LogP contribution in [0.25, 0.3) is 0 Å². The van der Waals surface area contributed by atoms with E-state index in [-0.39, 0.29) is 30.7 Å². The number of nitrogens with zero attached hydrogens (tertiary/aromatic N) is 1. The molecule has 34 heavy (non-hydrogen) atoms. The van der Waals surface area contributed by atoms with Crippen LogP contribution in [-0.2, 0) is 4.74 Å². The van der Waals surface area contributed by atoms with Crippen LogP contribution in [0.3, 0.4) is 0 Å². The monoisotopic (exact) mass is 492 g/mol. The predicted molar refractivity (Wildman–Crippen MR) is 139 cm³/mol. The average Bonchev–Trinajstić information content (AvgIpc) is 2.77. The zero-order valence-corrected chi connectivity index (χ0v) is 22.5. The predicted octanol–water partition coefficient (Wildman–Crippen LogP) is 3.39. The molecule has 0 aliphatic rings. The number of hydrogen-bond acceptors (Lipinski definition) is 6. The topological polar surface area (TPSA) is 110 Å². The van der Waals surface area contributed by atoms with Crippen LogP contribution in [0.4, 0.5) is 0 Å². The maximum atomic E-state index is 10.3. The molecule has 0 saturated carbocycles. The zero-order valence-electron chi connectivity index (χ0n) is 22.5. The second kappa shape index (κ2) is 22.0. The van der Waals surface area contributed by atoms with Gasteiger partial charge in [-0.2, -0.15) is 0 Å². The molecule has 0 aliphatic carbocycles. The summed E-state index contributed by atoms with van der Waals surface area (Å²) in [6.07, 6.45) is 14.2. The minimum atomic E-state index is -1.32. The Morgan fingerprint density at radius 1 is 0.647 bits per heavy atom. The van der Waals surface area contributed by atoms with Gasteiger partial charge >= 0.3 is 0 Å². The summed E-state index contributed by atoms with van der Waals surface area (Å²) in [5.74, 6) is 0. The van der Waals surface area contributed by atoms with Crippen LogP contribution in [0.2, 0.25) is 0 Å². The van der Waals surface area contributed by atoms with Gasteiger partial charge in [-0.15, -0.1) is 0 Å². The van der Waals surface area contributed by atoms with Gasteiger partial charge in [0, 0.05) is 13.2 Å². The first kappa shape index (κ1) is 33.7. The molecular weight excluding hydrogens is 434 g/mol. The number of aliphatic hydroxyl groups is 5. The molecule has 0 aliphatic heterocycles. The van der Waals surface area contributed by atoms with Crippen molar-refractivity contribution in [2.45, 2.75) is 128 Å². The third-order valence-corrected chi connectivity index (χ3v) is 6.55. The molecule has 5 N–H and O–H groups in total. The molecule has 0 rings (SSSR count). The first-order chi connectivity index (χ1) is 16.2. The fraction of sp³-hybridized carbons (Fsp3) is 1.00. The number of ether oxygens (including phenoxy) is 1. The number of quaternary nitrogens is 1. The summed E-state index contributed by atoms with van der Waals surface area (Å²) in [6, 6.07) is 0. The first-order valence-corrected chi connectivity index (χ1v) is 14.0. The molecule has 0 bridgehead atoms. The van der Waals surface area contributed by atoms with Crippen LogP contribution in [0.5, 0.6) is 0 Å². The van der Waals surface area contributed by atoms with E-state index in [1.165, 1.54) is 77.0 Å². The van der Waals surface area contributed by atoms with E-state index in [1.54, 1.807) is 0 Å². The Balaban J connectivity index is 3.63. The highest BCUT2D eigenvalue weighted by Crippen LogP contribution is 2.13. The van der Waals surface area contributed by atoms with Gasteiger partial charge < -0.3 is 34.8 Å². The van der Waals surface area contributed by atoms with Gasteiger partial charge in [-0.1, -0.05) is 90.4 Å². The molecule has 7 heteroatoms. The van der Waals surface area contributed by atoms with E-state index in [1.807, 2.05) is 14.1 Å². The molecule has 0 aromatic heterocycles. The molecule has 206 valence electrons. The maximum absolute atomic E-state index is 10.3. The lowest BCUT2D eigenvalue weighted by molar-refractivity contribution is -0.897. The van der Waals surface area contributed by atoms with Crippen molar-refractivity contribution in [1.82, 2.24) is 0 Å². The van der Waals surface area contributed by atoms with Gasteiger partial charge in [0.05, 0.1) is 26.8 Å². The van der Waals surface area contributed by atoms with Gasteiger partial charge in [-0.3, -0.25) is 0 Å². The van der Waals surface area contributed by atoms with Gasteiger partial charge in [0.25, 0.3) is 0 Å². The van der Waals surface area contributed by atoms with Crippen molar-refractivity contribution in [3.05, 3.63) is 0 Å². The van der Waals surface area contributed by atoms with Crippen molar-refractivity contribution in [2.75, 3.05) is 47.0 Å². The van der Waals surface area contributed by atoms with Crippen molar-refractivity contribution in [1.29, 1.82) is 0 Å². The SMILES string of the molecule is CCCCCCCCCCCCCCCCOCC(O)C[N+](C)(C)CC(O)C(O)C(O)CCO. The number of rotatable bonds is 25. The third-order valence-electron chi connectivity index (χ3n) is 6.55. The molecule has 0 saturated heterocycles.